The molecular formula is C6H13NO2. The van der Waals surface area contributed by atoms with E-state index in [0.717, 1.165) is 0 Å². The largest absolute Gasteiger partial charge is 0.365 e. The van der Waals surface area contributed by atoms with E-state index in [-0.39, 0.29) is 5.92 Å². The van der Waals surface area contributed by atoms with Crippen molar-refractivity contribution in [1.29, 1.82) is 0 Å². The van der Waals surface area contributed by atoms with E-state index >= 15 is 0 Å². The van der Waals surface area contributed by atoms with Crippen LogP contribution in [0.4, 0.5) is 0 Å². The van der Waals surface area contributed by atoms with Gasteiger partial charge in [0.05, 0.1) is 0 Å². The van der Waals surface area contributed by atoms with Crippen LogP contribution < -0.4 is 5.32 Å². The van der Waals surface area contributed by atoms with Crippen LogP contribution in [0.15, 0.2) is 0 Å². The third-order valence-electron chi connectivity index (χ3n) is 1.91. The number of piperidine rings is 1. The first kappa shape index (κ1) is 6.99. The Kier molecular flexibility index (Phi) is 1.75. The van der Waals surface area contributed by atoms with Gasteiger partial charge in [0.25, 0.3) is 0 Å². The van der Waals surface area contributed by atoms with Gasteiger partial charge in [-0.2, -0.15) is 0 Å². The van der Waals surface area contributed by atoms with Gasteiger partial charge < -0.3 is 15.5 Å². The van der Waals surface area contributed by atoms with E-state index in [1.165, 1.54) is 0 Å². The van der Waals surface area contributed by atoms with Gasteiger partial charge in [0.15, 0.2) is 5.79 Å². The molecule has 0 aromatic carbocycles. The van der Waals surface area contributed by atoms with E-state index in [2.05, 4.69) is 5.32 Å². The molecule has 1 saturated heterocycles. The number of nitrogens with one attached hydrogen (secondary N) is 1. The van der Waals surface area contributed by atoms with Crippen molar-refractivity contribution in [2.24, 2.45) is 5.92 Å². The molecule has 1 rings (SSSR count). The zero-order valence-electron chi connectivity index (χ0n) is 5.59. The molecule has 9 heavy (non-hydrogen) atoms. The van der Waals surface area contributed by atoms with Crippen LogP contribution in [-0.2, 0) is 0 Å². The quantitative estimate of drug-likeness (QED) is 0.381. The standard InChI is InChI=1S/C6H13NO2/c1-5-4-7-3-2-6(5,8)9/h5,7-9H,2-4H2,1H3. The molecular weight excluding hydrogens is 118 g/mol. The zero-order chi connectivity index (χ0) is 6.91. The van der Waals surface area contributed by atoms with Crippen molar-refractivity contribution in [2.75, 3.05) is 13.1 Å². The predicted octanol–water partition coefficient (Wildman–Crippen LogP) is -0.703. The van der Waals surface area contributed by atoms with Gasteiger partial charge in [-0.15, -0.1) is 0 Å². The number of hydrogen-bond acceptors (Lipinski definition) is 3. The van der Waals surface area contributed by atoms with Crippen LogP contribution in [0.3, 0.4) is 0 Å². The average molecular weight is 131 g/mol. The predicted molar refractivity (Wildman–Crippen MR) is 33.8 cm³/mol. The molecule has 54 valence electrons. The lowest BCUT2D eigenvalue weighted by atomic mass is 9.94. The van der Waals surface area contributed by atoms with E-state index in [1.54, 1.807) is 0 Å². The van der Waals surface area contributed by atoms with Crippen LogP contribution in [0.5, 0.6) is 0 Å². The van der Waals surface area contributed by atoms with Gasteiger partial charge in [-0.25, -0.2) is 0 Å². The van der Waals surface area contributed by atoms with E-state index in [9.17, 15) is 0 Å². The Balaban J connectivity index is 2.49. The van der Waals surface area contributed by atoms with Gasteiger partial charge in [0.2, 0.25) is 0 Å². The molecule has 3 nitrogen and oxygen atoms in total. The maximum atomic E-state index is 9.16. The Hall–Kier alpha value is -0.120. The molecule has 1 aliphatic rings. The molecule has 1 aliphatic heterocycles. The molecule has 1 atom stereocenters. The first-order chi connectivity index (χ1) is 4.13. The minimum absolute atomic E-state index is 0.0498. The highest BCUT2D eigenvalue weighted by Gasteiger charge is 2.32. The molecule has 3 N–H and O–H groups in total. The molecule has 0 spiro atoms. The van der Waals surface area contributed by atoms with Crippen molar-refractivity contribution in [3.05, 3.63) is 0 Å². The van der Waals surface area contributed by atoms with Crippen molar-refractivity contribution in [3.63, 3.8) is 0 Å². The summed E-state index contributed by atoms with van der Waals surface area (Å²) in [6.07, 6.45) is 0.439. The number of rotatable bonds is 0. The highest BCUT2D eigenvalue weighted by molar-refractivity contribution is 4.79. The topological polar surface area (TPSA) is 52.5 Å². The molecule has 1 fully saturated rings. The third-order valence-corrected chi connectivity index (χ3v) is 1.91. The molecule has 1 unspecified atom stereocenters. The van der Waals surface area contributed by atoms with Crippen LogP contribution in [0.2, 0.25) is 0 Å². The van der Waals surface area contributed by atoms with Gasteiger partial charge >= 0.3 is 0 Å². The van der Waals surface area contributed by atoms with Gasteiger partial charge in [0.1, 0.15) is 0 Å². The third kappa shape index (κ3) is 1.41. The van der Waals surface area contributed by atoms with Crippen LogP contribution in [0, 0.1) is 5.92 Å². The van der Waals surface area contributed by atoms with Crippen molar-refractivity contribution in [3.8, 4) is 0 Å². The van der Waals surface area contributed by atoms with E-state index in [0.29, 0.717) is 19.5 Å². The lowest BCUT2D eigenvalue weighted by molar-refractivity contribution is -0.207. The zero-order valence-corrected chi connectivity index (χ0v) is 5.59. The molecule has 0 aromatic heterocycles. The fourth-order valence-corrected chi connectivity index (χ4v) is 1.00. The maximum absolute atomic E-state index is 9.16. The molecule has 0 bridgehead atoms. The SMILES string of the molecule is CC1CNCCC1(O)O. The van der Waals surface area contributed by atoms with Gasteiger partial charge in [-0.05, 0) is 0 Å². The fourth-order valence-electron chi connectivity index (χ4n) is 1.00. The second kappa shape index (κ2) is 2.25. The van der Waals surface area contributed by atoms with Crippen LogP contribution in [0.1, 0.15) is 13.3 Å². The van der Waals surface area contributed by atoms with Gasteiger partial charge in [-0.1, -0.05) is 6.92 Å². The first-order valence-electron chi connectivity index (χ1n) is 3.28. The molecule has 0 aromatic rings. The molecule has 1 heterocycles. The minimum atomic E-state index is -1.43. The Labute approximate surface area is 54.7 Å². The summed E-state index contributed by atoms with van der Waals surface area (Å²) in [5.74, 6) is -1.48. The Morgan fingerprint density at radius 3 is 2.56 bits per heavy atom. The van der Waals surface area contributed by atoms with E-state index in [4.69, 9.17) is 10.2 Å². The van der Waals surface area contributed by atoms with Crippen molar-refractivity contribution < 1.29 is 10.2 Å². The van der Waals surface area contributed by atoms with Crippen molar-refractivity contribution >= 4 is 0 Å². The summed E-state index contributed by atoms with van der Waals surface area (Å²) in [4.78, 5) is 0. The average Bonchev–Trinajstić information content (AvgIpc) is 1.77. The summed E-state index contributed by atoms with van der Waals surface area (Å²) in [5, 5.41) is 21.4. The summed E-state index contributed by atoms with van der Waals surface area (Å²) in [5.41, 5.74) is 0. The van der Waals surface area contributed by atoms with Crippen molar-refractivity contribution in [1.82, 2.24) is 5.32 Å². The van der Waals surface area contributed by atoms with E-state index in [1.807, 2.05) is 6.92 Å². The highest BCUT2D eigenvalue weighted by Crippen LogP contribution is 2.19. The smallest absolute Gasteiger partial charge is 0.167 e. The summed E-state index contributed by atoms with van der Waals surface area (Å²) in [6, 6.07) is 0. The summed E-state index contributed by atoms with van der Waals surface area (Å²) < 4.78 is 0. The van der Waals surface area contributed by atoms with Crippen LogP contribution in [0.25, 0.3) is 0 Å². The molecule has 0 amide bonds. The lowest BCUT2D eigenvalue weighted by Gasteiger charge is -2.33. The summed E-state index contributed by atoms with van der Waals surface area (Å²) in [7, 11) is 0. The highest BCUT2D eigenvalue weighted by atomic mass is 16.5. The van der Waals surface area contributed by atoms with Crippen LogP contribution >= 0.6 is 0 Å². The molecule has 3 heteroatoms. The second-order valence-corrected chi connectivity index (χ2v) is 2.73. The lowest BCUT2D eigenvalue weighted by Crippen LogP contribution is -2.48. The van der Waals surface area contributed by atoms with Crippen LogP contribution in [-0.4, -0.2) is 29.1 Å². The number of hydrogen-bond donors (Lipinski definition) is 3. The van der Waals surface area contributed by atoms with Gasteiger partial charge in [-0.3, -0.25) is 0 Å². The Morgan fingerprint density at radius 2 is 2.22 bits per heavy atom. The Morgan fingerprint density at radius 1 is 1.56 bits per heavy atom. The minimum Gasteiger partial charge on any atom is -0.365 e. The molecule has 0 radical (unpaired) electrons. The molecule has 0 aliphatic carbocycles. The number of aliphatic hydroxyl groups is 2. The molecule has 0 saturated carbocycles. The normalized spacial score (nSPS) is 34.3. The fraction of sp³-hybridized carbons (Fsp3) is 1.00. The maximum Gasteiger partial charge on any atom is 0.167 e. The Bertz CT molecular complexity index is 103. The van der Waals surface area contributed by atoms with E-state index < -0.39 is 5.79 Å². The summed E-state index contributed by atoms with van der Waals surface area (Å²) >= 11 is 0. The monoisotopic (exact) mass is 131 g/mol. The summed E-state index contributed by atoms with van der Waals surface area (Å²) in [6.45, 7) is 3.23. The first-order valence-corrected chi connectivity index (χ1v) is 3.28. The second-order valence-electron chi connectivity index (χ2n) is 2.73. The van der Waals surface area contributed by atoms with Crippen molar-refractivity contribution in [2.45, 2.75) is 19.1 Å². The van der Waals surface area contributed by atoms with Gasteiger partial charge in [0, 0.05) is 25.4 Å².